The number of aliphatic hydroxyl groups excluding tert-OH is 1. The van der Waals surface area contributed by atoms with Gasteiger partial charge in [0.05, 0.1) is 19.4 Å². The molecule has 0 aliphatic carbocycles. The SMILES string of the molecule is COc1ccc(C(=O)Nc2nc(-c3c(C)cc(C)cc3C)cs2)c(CO)c1. The minimum absolute atomic E-state index is 0.245. The molecule has 0 aliphatic rings. The smallest absolute Gasteiger partial charge is 0.257 e. The highest BCUT2D eigenvalue weighted by molar-refractivity contribution is 7.14. The molecule has 0 saturated carbocycles. The fourth-order valence-electron chi connectivity index (χ4n) is 3.24. The zero-order chi connectivity index (χ0) is 19.6. The Kier molecular flexibility index (Phi) is 5.58. The topological polar surface area (TPSA) is 71.5 Å². The van der Waals surface area contributed by atoms with Gasteiger partial charge in [-0.2, -0.15) is 0 Å². The average molecular weight is 382 g/mol. The first-order valence-corrected chi connectivity index (χ1v) is 9.43. The number of nitrogens with one attached hydrogen (secondary N) is 1. The summed E-state index contributed by atoms with van der Waals surface area (Å²) in [5, 5.41) is 14.8. The van der Waals surface area contributed by atoms with Gasteiger partial charge in [-0.25, -0.2) is 4.98 Å². The lowest BCUT2D eigenvalue weighted by Gasteiger charge is -2.10. The van der Waals surface area contributed by atoms with Crippen molar-refractivity contribution in [2.75, 3.05) is 12.4 Å². The molecule has 2 aromatic carbocycles. The molecule has 0 unspecified atom stereocenters. The van der Waals surface area contributed by atoms with Crippen LogP contribution in [-0.2, 0) is 6.61 Å². The summed E-state index contributed by atoms with van der Waals surface area (Å²) in [6, 6.07) is 9.25. The third-order valence-corrected chi connectivity index (χ3v) is 5.14. The van der Waals surface area contributed by atoms with E-state index in [1.54, 1.807) is 25.3 Å². The summed E-state index contributed by atoms with van der Waals surface area (Å²) in [6.45, 7) is 5.96. The van der Waals surface area contributed by atoms with Crippen LogP contribution in [0.4, 0.5) is 5.13 Å². The van der Waals surface area contributed by atoms with Crippen molar-refractivity contribution in [3.63, 3.8) is 0 Å². The van der Waals surface area contributed by atoms with Crippen molar-refractivity contribution in [2.24, 2.45) is 0 Å². The van der Waals surface area contributed by atoms with E-state index in [9.17, 15) is 9.90 Å². The number of hydrogen-bond donors (Lipinski definition) is 2. The van der Waals surface area contributed by atoms with Crippen molar-refractivity contribution in [1.29, 1.82) is 0 Å². The van der Waals surface area contributed by atoms with Crippen molar-refractivity contribution < 1.29 is 14.6 Å². The number of aliphatic hydroxyl groups is 1. The van der Waals surface area contributed by atoms with Gasteiger partial charge in [0.1, 0.15) is 5.75 Å². The van der Waals surface area contributed by atoms with Gasteiger partial charge in [-0.15, -0.1) is 11.3 Å². The van der Waals surface area contributed by atoms with Gasteiger partial charge in [-0.3, -0.25) is 10.1 Å². The summed E-state index contributed by atoms with van der Waals surface area (Å²) in [7, 11) is 1.54. The monoisotopic (exact) mass is 382 g/mol. The molecular weight excluding hydrogens is 360 g/mol. The van der Waals surface area contributed by atoms with Crippen LogP contribution in [0.25, 0.3) is 11.3 Å². The minimum atomic E-state index is -0.306. The highest BCUT2D eigenvalue weighted by Crippen LogP contribution is 2.31. The lowest BCUT2D eigenvalue weighted by atomic mass is 9.98. The number of thiazole rings is 1. The Hall–Kier alpha value is -2.70. The number of amides is 1. The number of methoxy groups -OCH3 is 1. The molecule has 0 aliphatic heterocycles. The van der Waals surface area contributed by atoms with Crippen LogP contribution in [0.2, 0.25) is 0 Å². The van der Waals surface area contributed by atoms with E-state index in [4.69, 9.17) is 4.74 Å². The summed E-state index contributed by atoms with van der Waals surface area (Å²) in [5.74, 6) is 0.289. The Morgan fingerprint density at radius 1 is 1.19 bits per heavy atom. The molecule has 0 spiro atoms. The second-order valence-corrected chi connectivity index (χ2v) is 7.31. The molecule has 1 aromatic heterocycles. The number of ether oxygens (including phenoxy) is 1. The van der Waals surface area contributed by atoms with Crippen LogP contribution in [-0.4, -0.2) is 23.1 Å². The van der Waals surface area contributed by atoms with Crippen LogP contribution in [0.3, 0.4) is 0 Å². The van der Waals surface area contributed by atoms with Crippen molar-refractivity contribution >= 4 is 22.4 Å². The van der Waals surface area contributed by atoms with Gasteiger partial charge in [0, 0.05) is 16.5 Å². The van der Waals surface area contributed by atoms with Crippen LogP contribution in [0.5, 0.6) is 5.75 Å². The van der Waals surface area contributed by atoms with E-state index in [1.165, 1.54) is 16.9 Å². The van der Waals surface area contributed by atoms with Gasteiger partial charge in [0.2, 0.25) is 0 Å². The van der Waals surface area contributed by atoms with E-state index < -0.39 is 0 Å². The van der Waals surface area contributed by atoms with Crippen LogP contribution < -0.4 is 10.1 Å². The van der Waals surface area contributed by atoms with Gasteiger partial charge < -0.3 is 9.84 Å². The maximum absolute atomic E-state index is 12.6. The zero-order valence-corrected chi connectivity index (χ0v) is 16.6. The number of nitrogens with zero attached hydrogens (tertiary/aromatic N) is 1. The third-order valence-electron chi connectivity index (χ3n) is 4.39. The molecule has 0 radical (unpaired) electrons. The molecule has 1 amide bonds. The molecule has 2 N–H and O–H groups in total. The first kappa shape index (κ1) is 19.1. The minimum Gasteiger partial charge on any atom is -0.497 e. The Morgan fingerprint density at radius 3 is 2.52 bits per heavy atom. The number of anilines is 1. The molecule has 0 atom stereocenters. The highest BCUT2D eigenvalue weighted by Gasteiger charge is 2.16. The number of carbonyl (C=O) groups is 1. The Bertz CT molecular complexity index is 972. The predicted octanol–water partition coefficient (Wildman–Crippen LogP) is 4.49. The van der Waals surface area contributed by atoms with Gasteiger partial charge >= 0.3 is 0 Å². The van der Waals surface area contributed by atoms with E-state index in [2.05, 4.69) is 43.2 Å². The number of carbonyl (C=O) groups excluding carboxylic acids is 1. The molecule has 0 fully saturated rings. The fraction of sp³-hybridized carbons (Fsp3) is 0.238. The molecule has 3 aromatic rings. The summed E-state index contributed by atoms with van der Waals surface area (Å²) >= 11 is 1.38. The molecule has 27 heavy (non-hydrogen) atoms. The molecular formula is C21H22N2O3S. The normalized spacial score (nSPS) is 10.7. The van der Waals surface area contributed by atoms with Crippen molar-refractivity contribution in [3.05, 3.63) is 63.5 Å². The number of benzene rings is 2. The van der Waals surface area contributed by atoms with Gasteiger partial charge in [-0.1, -0.05) is 17.7 Å². The maximum atomic E-state index is 12.6. The highest BCUT2D eigenvalue weighted by atomic mass is 32.1. The lowest BCUT2D eigenvalue weighted by molar-refractivity contribution is 0.102. The summed E-state index contributed by atoms with van der Waals surface area (Å²) < 4.78 is 5.14. The quantitative estimate of drug-likeness (QED) is 0.682. The average Bonchev–Trinajstić information content (AvgIpc) is 3.08. The number of rotatable bonds is 5. The Balaban J connectivity index is 1.86. The zero-order valence-electron chi connectivity index (χ0n) is 15.8. The summed E-state index contributed by atoms with van der Waals surface area (Å²) in [5.41, 5.74) is 6.39. The van der Waals surface area contributed by atoms with E-state index in [0.717, 1.165) is 22.4 Å². The summed E-state index contributed by atoms with van der Waals surface area (Å²) in [4.78, 5) is 17.2. The third kappa shape index (κ3) is 4.02. The number of hydrogen-bond acceptors (Lipinski definition) is 5. The Labute approximate surface area is 162 Å². The lowest BCUT2D eigenvalue weighted by Crippen LogP contribution is -2.14. The summed E-state index contributed by atoms with van der Waals surface area (Å²) in [6.07, 6.45) is 0. The molecule has 6 heteroatoms. The molecule has 0 saturated heterocycles. The second-order valence-electron chi connectivity index (χ2n) is 6.45. The van der Waals surface area contributed by atoms with E-state index in [-0.39, 0.29) is 12.5 Å². The molecule has 0 bridgehead atoms. The molecule has 1 heterocycles. The van der Waals surface area contributed by atoms with Crippen LogP contribution >= 0.6 is 11.3 Å². The predicted molar refractivity (Wildman–Crippen MR) is 109 cm³/mol. The number of aromatic nitrogens is 1. The first-order valence-electron chi connectivity index (χ1n) is 8.55. The molecule has 140 valence electrons. The van der Waals surface area contributed by atoms with Crippen LogP contribution in [0.1, 0.15) is 32.6 Å². The van der Waals surface area contributed by atoms with E-state index in [0.29, 0.717) is 22.0 Å². The van der Waals surface area contributed by atoms with Crippen molar-refractivity contribution in [1.82, 2.24) is 4.98 Å². The van der Waals surface area contributed by atoms with E-state index in [1.807, 2.05) is 5.38 Å². The standard InChI is InChI=1S/C21H22N2O3S/c1-12-7-13(2)19(14(3)8-12)18-11-27-21(22-18)23-20(25)17-6-5-16(26-4)9-15(17)10-24/h5-9,11,24H,10H2,1-4H3,(H,22,23,25). The Morgan fingerprint density at radius 2 is 1.89 bits per heavy atom. The number of aryl methyl sites for hydroxylation is 3. The van der Waals surface area contributed by atoms with Gasteiger partial charge in [0.15, 0.2) is 5.13 Å². The van der Waals surface area contributed by atoms with E-state index >= 15 is 0 Å². The van der Waals surface area contributed by atoms with Crippen LogP contribution in [0, 0.1) is 20.8 Å². The second kappa shape index (κ2) is 7.90. The van der Waals surface area contributed by atoms with Crippen LogP contribution in [0.15, 0.2) is 35.7 Å². The first-order chi connectivity index (χ1) is 12.9. The van der Waals surface area contributed by atoms with Gasteiger partial charge in [-0.05, 0) is 55.7 Å². The van der Waals surface area contributed by atoms with Crippen molar-refractivity contribution in [2.45, 2.75) is 27.4 Å². The van der Waals surface area contributed by atoms with Gasteiger partial charge in [0.25, 0.3) is 5.91 Å². The van der Waals surface area contributed by atoms with Crippen molar-refractivity contribution in [3.8, 4) is 17.0 Å². The fourth-order valence-corrected chi connectivity index (χ4v) is 3.94. The molecule has 5 nitrogen and oxygen atoms in total. The largest absolute Gasteiger partial charge is 0.497 e. The maximum Gasteiger partial charge on any atom is 0.257 e. The molecule has 3 rings (SSSR count).